The Morgan fingerprint density at radius 3 is 2.50 bits per heavy atom. The fourth-order valence-corrected chi connectivity index (χ4v) is 3.65. The zero-order valence-corrected chi connectivity index (χ0v) is 17.8. The fraction of sp³-hybridized carbons (Fsp3) is 0.208. The number of nitrogens with one attached hydrogen (secondary N) is 1. The number of rotatable bonds is 8. The second-order valence-electron chi connectivity index (χ2n) is 6.71. The molecular formula is C24H23NO4S. The molecule has 3 rings (SSSR count). The third-order valence-corrected chi connectivity index (χ3v) is 5.57. The summed E-state index contributed by atoms with van der Waals surface area (Å²) in [6.45, 7) is 3.68. The number of ketones is 1. The number of hydrogen-bond acceptors (Lipinski definition) is 5. The minimum atomic E-state index is -0.611. The van der Waals surface area contributed by atoms with Crippen LogP contribution in [0.2, 0.25) is 0 Å². The van der Waals surface area contributed by atoms with Gasteiger partial charge in [0.15, 0.2) is 6.61 Å². The van der Waals surface area contributed by atoms with Crippen LogP contribution in [0.4, 0.5) is 5.69 Å². The summed E-state index contributed by atoms with van der Waals surface area (Å²) in [6.07, 6.45) is 1.55. The van der Waals surface area contributed by atoms with Gasteiger partial charge in [0.2, 0.25) is 5.78 Å². The van der Waals surface area contributed by atoms with E-state index in [0.717, 1.165) is 24.0 Å². The highest BCUT2D eigenvalue weighted by Crippen LogP contribution is 2.17. The van der Waals surface area contributed by atoms with Crippen molar-refractivity contribution in [3.8, 4) is 0 Å². The molecule has 0 spiro atoms. The summed E-state index contributed by atoms with van der Waals surface area (Å²) in [5.41, 5.74) is 3.35. The predicted molar refractivity (Wildman–Crippen MR) is 119 cm³/mol. The van der Waals surface area contributed by atoms with Crippen LogP contribution in [0.15, 0.2) is 60.0 Å². The van der Waals surface area contributed by atoms with Gasteiger partial charge < -0.3 is 10.1 Å². The molecule has 1 heterocycles. The highest BCUT2D eigenvalue weighted by Gasteiger charge is 2.16. The summed E-state index contributed by atoms with van der Waals surface area (Å²) in [5, 5.41) is 4.57. The number of ether oxygens (including phenoxy) is 1. The van der Waals surface area contributed by atoms with E-state index in [-0.39, 0.29) is 23.9 Å². The molecule has 0 bridgehead atoms. The zero-order valence-electron chi connectivity index (χ0n) is 16.9. The summed E-state index contributed by atoms with van der Waals surface area (Å²) >= 11 is 1.33. The Morgan fingerprint density at radius 2 is 1.80 bits per heavy atom. The van der Waals surface area contributed by atoms with Gasteiger partial charge in [0, 0.05) is 11.3 Å². The van der Waals surface area contributed by atoms with Crippen LogP contribution in [-0.4, -0.2) is 24.3 Å². The van der Waals surface area contributed by atoms with E-state index in [2.05, 4.69) is 5.32 Å². The van der Waals surface area contributed by atoms with Gasteiger partial charge in [0.05, 0.1) is 10.4 Å². The first-order valence-corrected chi connectivity index (χ1v) is 10.7. The van der Waals surface area contributed by atoms with Crippen molar-refractivity contribution < 1.29 is 19.1 Å². The number of Topliss-reactive ketones (excluding diaryl/α,β-unsaturated/α-hetero) is 1. The van der Waals surface area contributed by atoms with Gasteiger partial charge in [0.25, 0.3) is 5.91 Å². The average molecular weight is 422 g/mol. The molecule has 0 aliphatic rings. The standard InChI is InChI=1S/C24H23NO4S/c1-3-16-10-11-17(4-2)20(13-16)21(26)15-29-24(28)18-7-5-8-19(14-18)25-23(27)22-9-6-12-30-22/h5-14H,3-4,15H2,1-2H3,(H,25,27). The Bertz CT molecular complexity index is 1060. The number of anilines is 1. The number of hydrogen-bond donors (Lipinski definition) is 1. The number of esters is 1. The third kappa shape index (κ3) is 5.21. The predicted octanol–water partition coefficient (Wildman–Crippen LogP) is 5.16. The number of aryl methyl sites for hydroxylation is 2. The molecule has 1 aromatic heterocycles. The maximum Gasteiger partial charge on any atom is 0.338 e. The van der Waals surface area contributed by atoms with Gasteiger partial charge in [0.1, 0.15) is 0 Å². The van der Waals surface area contributed by atoms with Gasteiger partial charge >= 0.3 is 5.97 Å². The Kier molecular flexibility index (Phi) is 7.14. The Hall–Kier alpha value is -3.25. The SMILES string of the molecule is CCc1ccc(CC)c(C(=O)COC(=O)c2cccc(NC(=O)c3cccs3)c2)c1. The Labute approximate surface area is 179 Å². The smallest absolute Gasteiger partial charge is 0.338 e. The summed E-state index contributed by atoms with van der Waals surface area (Å²) in [7, 11) is 0. The van der Waals surface area contributed by atoms with E-state index >= 15 is 0 Å². The van der Waals surface area contributed by atoms with Crippen molar-refractivity contribution >= 4 is 34.7 Å². The zero-order chi connectivity index (χ0) is 21.5. The molecule has 3 aromatic rings. The van der Waals surface area contributed by atoms with E-state index in [1.165, 1.54) is 17.4 Å². The lowest BCUT2D eigenvalue weighted by Crippen LogP contribution is -2.16. The second-order valence-corrected chi connectivity index (χ2v) is 7.66. The highest BCUT2D eigenvalue weighted by molar-refractivity contribution is 7.12. The lowest BCUT2D eigenvalue weighted by Gasteiger charge is -2.10. The van der Waals surface area contributed by atoms with Gasteiger partial charge in [-0.3, -0.25) is 9.59 Å². The van der Waals surface area contributed by atoms with Crippen molar-refractivity contribution in [2.75, 3.05) is 11.9 Å². The largest absolute Gasteiger partial charge is 0.454 e. The quantitative estimate of drug-likeness (QED) is 0.403. The first-order valence-electron chi connectivity index (χ1n) is 9.78. The van der Waals surface area contributed by atoms with Crippen LogP contribution in [0.5, 0.6) is 0 Å². The molecule has 0 saturated heterocycles. The van der Waals surface area contributed by atoms with Crippen molar-refractivity contribution in [1.82, 2.24) is 0 Å². The second kappa shape index (κ2) is 9.98. The lowest BCUT2D eigenvalue weighted by atomic mass is 9.98. The molecule has 5 nitrogen and oxygen atoms in total. The molecule has 1 amide bonds. The number of carbonyl (C=O) groups excluding carboxylic acids is 3. The molecule has 0 radical (unpaired) electrons. The van der Waals surface area contributed by atoms with E-state index in [1.54, 1.807) is 30.3 Å². The summed E-state index contributed by atoms with van der Waals surface area (Å²) < 4.78 is 5.25. The van der Waals surface area contributed by atoms with Crippen molar-refractivity contribution in [2.45, 2.75) is 26.7 Å². The summed E-state index contributed by atoms with van der Waals surface area (Å²) in [4.78, 5) is 37.8. The van der Waals surface area contributed by atoms with E-state index in [1.807, 2.05) is 37.4 Å². The first-order chi connectivity index (χ1) is 14.5. The van der Waals surface area contributed by atoms with Gasteiger partial charge in [-0.1, -0.05) is 38.1 Å². The van der Waals surface area contributed by atoms with E-state index in [0.29, 0.717) is 16.1 Å². The first kappa shape index (κ1) is 21.5. The molecule has 30 heavy (non-hydrogen) atoms. The van der Waals surface area contributed by atoms with Crippen LogP contribution in [0, 0.1) is 0 Å². The van der Waals surface area contributed by atoms with Crippen LogP contribution in [-0.2, 0) is 17.6 Å². The van der Waals surface area contributed by atoms with Gasteiger partial charge in [-0.25, -0.2) is 4.79 Å². The van der Waals surface area contributed by atoms with Gasteiger partial charge in [-0.15, -0.1) is 11.3 Å². The van der Waals surface area contributed by atoms with Crippen molar-refractivity contribution in [3.63, 3.8) is 0 Å². The van der Waals surface area contributed by atoms with Crippen molar-refractivity contribution in [2.24, 2.45) is 0 Å². The van der Waals surface area contributed by atoms with Crippen LogP contribution in [0.25, 0.3) is 0 Å². The molecule has 0 aliphatic carbocycles. The van der Waals surface area contributed by atoms with Crippen LogP contribution >= 0.6 is 11.3 Å². The minimum Gasteiger partial charge on any atom is -0.454 e. The molecule has 2 aromatic carbocycles. The maximum atomic E-state index is 12.6. The number of thiophene rings is 1. The average Bonchev–Trinajstić information content (AvgIpc) is 3.32. The Morgan fingerprint density at radius 1 is 0.967 bits per heavy atom. The molecule has 0 unspecified atom stereocenters. The van der Waals surface area contributed by atoms with Gasteiger partial charge in [-0.05, 0) is 59.7 Å². The third-order valence-electron chi connectivity index (χ3n) is 4.70. The lowest BCUT2D eigenvalue weighted by molar-refractivity contribution is 0.0474. The monoisotopic (exact) mass is 421 g/mol. The molecule has 0 fully saturated rings. The maximum absolute atomic E-state index is 12.6. The highest BCUT2D eigenvalue weighted by atomic mass is 32.1. The molecule has 0 aliphatic heterocycles. The number of benzene rings is 2. The molecule has 154 valence electrons. The normalized spacial score (nSPS) is 10.5. The van der Waals surface area contributed by atoms with Crippen molar-refractivity contribution in [3.05, 3.63) is 87.1 Å². The molecule has 0 saturated carbocycles. The van der Waals surface area contributed by atoms with E-state index in [4.69, 9.17) is 4.74 Å². The number of amides is 1. The number of carbonyl (C=O) groups is 3. The van der Waals surface area contributed by atoms with Crippen LogP contribution in [0.1, 0.15) is 55.4 Å². The van der Waals surface area contributed by atoms with Crippen molar-refractivity contribution in [1.29, 1.82) is 0 Å². The molecular weight excluding hydrogens is 398 g/mol. The Balaban J connectivity index is 1.65. The van der Waals surface area contributed by atoms with E-state index < -0.39 is 5.97 Å². The molecule has 0 atom stereocenters. The minimum absolute atomic E-state index is 0.224. The van der Waals surface area contributed by atoms with Crippen LogP contribution < -0.4 is 5.32 Å². The summed E-state index contributed by atoms with van der Waals surface area (Å²) in [6, 6.07) is 15.8. The summed E-state index contributed by atoms with van der Waals surface area (Å²) in [5.74, 6) is -1.08. The fourth-order valence-electron chi connectivity index (χ4n) is 3.03. The van der Waals surface area contributed by atoms with Gasteiger partial charge in [-0.2, -0.15) is 0 Å². The van der Waals surface area contributed by atoms with Crippen LogP contribution in [0.3, 0.4) is 0 Å². The topological polar surface area (TPSA) is 72.5 Å². The van der Waals surface area contributed by atoms with E-state index in [9.17, 15) is 14.4 Å². The molecule has 1 N–H and O–H groups in total. The molecule has 6 heteroatoms.